The van der Waals surface area contributed by atoms with Crippen LogP contribution in [0.5, 0.6) is 0 Å². The van der Waals surface area contributed by atoms with Gasteiger partial charge in [-0.3, -0.25) is 4.57 Å². The predicted octanol–water partition coefficient (Wildman–Crippen LogP) is 3.70. The van der Waals surface area contributed by atoms with Crippen molar-refractivity contribution in [2.45, 2.75) is 13.8 Å². The second kappa shape index (κ2) is 3.46. The zero-order valence-corrected chi connectivity index (χ0v) is 10.1. The van der Waals surface area contributed by atoms with Crippen molar-refractivity contribution in [1.82, 2.24) is 9.55 Å². The molecule has 1 aromatic carbocycles. The molecule has 0 spiro atoms. The highest BCUT2D eigenvalue weighted by Crippen LogP contribution is 2.26. The van der Waals surface area contributed by atoms with Gasteiger partial charge in [0.25, 0.3) is 0 Å². The summed E-state index contributed by atoms with van der Waals surface area (Å²) < 4.78 is 3.39. The highest BCUT2D eigenvalue weighted by molar-refractivity contribution is 7.20. The van der Waals surface area contributed by atoms with Crippen LogP contribution in [0, 0.1) is 13.8 Å². The standard InChI is InChI=1S/C13H12N2S/c1-9-7-10(2)15(8-9)13-14-11-5-3-4-6-12(11)16-13/h3-8H,1-2H3. The Kier molecular flexibility index (Phi) is 2.07. The molecule has 0 N–H and O–H groups in total. The highest BCUT2D eigenvalue weighted by Gasteiger charge is 2.07. The monoisotopic (exact) mass is 228 g/mol. The van der Waals surface area contributed by atoms with E-state index in [2.05, 4.69) is 53.9 Å². The van der Waals surface area contributed by atoms with E-state index in [9.17, 15) is 0 Å². The number of benzene rings is 1. The first-order valence-electron chi connectivity index (χ1n) is 5.25. The quantitative estimate of drug-likeness (QED) is 0.621. The third kappa shape index (κ3) is 1.44. The van der Waals surface area contributed by atoms with E-state index in [1.54, 1.807) is 11.3 Å². The fourth-order valence-electron chi connectivity index (χ4n) is 1.91. The maximum Gasteiger partial charge on any atom is 0.194 e. The smallest absolute Gasteiger partial charge is 0.194 e. The zero-order valence-electron chi connectivity index (χ0n) is 9.27. The Hall–Kier alpha value is -1.61. The maximum atomic E-state index is 4.64. The first-order chi connectivity index (χ1) is 7.74. The molecule has 0 atom stereocenters. The van der Waals surface area contributed by atoms with E-state index >= 15 is 0 Å². The number of nitrogens with zero attached hydrogens (tertiary/aromatic N) is 2. The lowest BCUT2D eigenvalue weighted by Gasteiger charge is -1.98. The van der Waals surface area contributed by atoms with Crippen molar-refractivity contribution in [2.75, 3.05) is 0 Å². The van der Waals surface area contributed by atoms with Crippen molar-refractivity contribution in [1.29, 1.82) is 0 Å². The van der Waals surface area contributed by atoms with Gasteiger partial charge in [-0.05, 0) is 37.6 Å². The Morgan fingerprint density at radius 3 is 2.69 bits per heavy atom. The van der Waals surface area contributed by atoms with Crippen molar-refractivity contribution >= 4 is 21.6 Å². The Bertz CT molecular complexity index is 616. The van der Waals surface area contributed by atoms with Crippen LogP contribution in [0.3, 0.4) is 0 Å². The van der Waals surface area contributed by atoms with Gasteiger partial charge in [0.2, 0.25) is 0 Å². The summed E-state index contributed by atoms with van der Waals surface area (Å²) in [5, 5.41) is 1.05. The van der Waals surface area contributed by atoms with E-state index in [0.29, 0.717) is 0 Å². The topological polar surface area (TPSA) is 17.8 Å². The van der Waals surface area contributed by atoms with Gasteiger partial charge < -0.3 is 0 Å². The zero-order chi connectivity index (χ0) is 11.1. The summed E-state index contributed by atoms with van der Waals surface area (Å²) in [6, 6.07) is 10.4. The molecule has 0 fully saturated rings. The molecular weight excluding hydrogens is 216 g/mol. The summed E-state index contributed by atoms with van der Waals surface area (Å²) in [7, 11) is 0. The fourth-order valence-corrected chi connectivity index (χ4v) is 2.91. The molecule has 80 valence electrons. The molecule has 3 heteroatoms. The van der Waals surface area contributed by atoms with Crippen LogP contribution in [-0.4, -0.2) is 9.55 Å². The van der Waals surface area contributed by atoms with Crippen LogP contribution in [0.15, 0.2) is 36.5 Å². The SMILES string of the molecule is Cc1cc(C)n(-c2nc3ccccc3s2)c1. The van der Waals surface area contributed by atoms with E-state index in [1.165, 1.54) is 16.0 Å². The van der Waals surface area contributed by atoms with Crippen molar-refractivity contribution in [3.05, 3.63) is 47.8 Å². The molecule has 2 heterocycles. The van der Waals surface area contributed by atoms with Gasteiger partial charge in [-0.25, -0.2) is 4.98 Å². The van der Waals surface area contributed by atoms with Crippen LogP contribution in [0.2, 0.25) is 0 Å². The van der Waals surface area contributed by atoms with Gasteiger partial charge in [0.05, 0.1) is 10.2 Å². The third-order valence-corrected chi connectivity index (χ3v) is 3.67. The van der Waals surface area contributed by atoms with Crippen LogP contribution in [-0.2, 0) is 0 Å². The molecule has 3 rings (SSSR count). The molecule has 0 unspecified atom stereocenters. The fraction of sp³-hybridized carbons (Fsp3) is 0.154. The number of aromatic nitrogens is 2. The third-order valence-electron chi connectivity index (χ3n) is 2.64. The molecule has 0 aliphatic carbocycles. The van der Waals surface area contributed by atoms with Crippen molar-refractivity contribution < 1.29 is 0 Å². The minimum atomic E-state index is 1.05. The summed E-state index contributed by atoms with van der Waals surface area (Å²) in [5.41, 5.74) is 3.58. The van der Waals surface area contributed by atoms with E-state index in [4.69, 9.17) is 0 Å². The van der Waals surface area contributed by atoms with Gasteiger partial charge >= 0.3 is 0 Å². The summed E-state index contributed by atoms with van der Waals surface area (Å²) in [5.74, 6) is 0. The maximum absolute atomic E-state index is 4.64. The molecule has 16 heavy (non-hydrogen) atoms. The Balaban J connectivity index is 2.22. The highest BCUT2D eigenvalue weighted by atomic mass is 32.1. The molecule has 2 aromatic heterocycles. The molecule has 0 aliphatic rings. The number of thiazole rings is 1. The number of hydrogen-bond donors (Lipinski definition) is 0. The number of fused-ring (bicyclic) bond motifs is 1. The second-order valence-corrected chi connectivity index (χ2v) is 5.00. The molecular formula is C13H12N2S. The van der Waals surface area contributed by atoms with Gasteiger partial charge in [0, 0.05) is 11.9 Å². The molecule has 2 nitrogen and oxygen atoms in total. The van der Waals surface area contributed by atoms with Gasteiger partial charge in [-0.1, -0.05) is 23.5 Å². The normalized spacial score (nSPS) is 11.1. The largest absolute Gasteiger partial charge is 0.297 e. The summed E-state index contributed by atoms with van der Waals surface area (Å²) in [6.07, 6.45) is 2.13. The first kappa shape index (κ1) is 9.60. The summed E-state index contributed by atoms with van der Waals surface area (Å²) in [6.45, 7) is 4.22. The molecule has 3 aromatic rings. The van der Waals surface area contributed by atoms with E-state index in [-0.39, 0.29) is 0 Å². The Morgan fingerprint density at radius 2 is 2.00 bits per heavy atom. The van der Waals surface area contributed by atoms with Crippen LogP contribution < -0.4 is 0 Å². The lowest BCUT2D eigenvalue weighted by Crippen LogP contribution is -1.92. The number of aryl methyl sites for hydroxylation is 2. The molecule has 0 amide bonds. The minimum absolute atomic E-state index is 1.05. The minimum Gasteiger partial charge on any atom is -0.297 e. The van der Waals surface area contributed by atoms with Crippen LogP contribution in [0.1, 0.15) is 11.3 Å². The lowest BCUT2D eigenvalue weighted by atomic mass is 10.3. The first-order valence-corrected chi connectivity index (χ1v) is 6.07. The summed E-state index contributed by atoms with van der Waals surface area (Å²) >= 11 is 1.73. The lowest BCUT2D eigenvalue weighted by molar-refractivity contribution is 0.999. The number of hydrogen-bond acceptors (Lipinski definition) is 2. The van der Waals surface area contributed by atoms with Crippen molar-refractivity contribution in [2.24, 2.45) is 0 Å². The Morgan fingerprint density at radius 1 is 1.19 bits per heavy atom. The van der Waals surface area contributed by atoms with E-state index < -0.39 is 0 Å². The van der Waals surface area contributed by atoms with Gasteiger partial charge in [-0.15, -0.1) is 0 Å². The average molecular weight is 228 g/mol. The molecule has 0 saturated carbocycles. The molecule has 0 aliphatic heterocycles. The van der Waals surface area contributed by atoms with Crippen LogP contribution >= 0.6 is 11.3 Å². The van der Waals surface area contributed by atoms with E-state index in [1.807, 2.05) is 6.07 Å². The number of para-hydroxylation sites is 1. The van der Waals surface area contributed by atoms with Crippen molar-refractivity contribution in [3.8, 4) is 5.13 Å². The van der Waals surface area contributed by atoms with E-state index in [0.717, 1.165) is 10.6 Å². The molecule has 0 bridgehead atoms. The van der Waals surface area contributed by atoms with Crippen LogP contribution in [0.4, 0.5) is 0 Å². The average Bonchev–Trinajstić information content (AvgIpc) is 2.81. The summed E-state index contributed by atoms with van der Waals surface area (Å²) in [4.78, 5) is 4.64. The van der Waals surface area contributed by atoms with Crippen molar-refractivity contribution in [3.63, 3.8) is 0 Å². The molecule has 0 saturated heterocycles. The Labute approximate surface area is 98.2 Å². The van der Waals surface area contributed by atoms with Crippen LogP contribution in [0.25, 0.3) is 15.3 Å². The molecule has 0 radical (unpaired) electrons. The van der Waals surface area contributed by atoms with Gasteiger partial charge in [0.1, 0.15) is 0 Å². The number of rotatable bonds is 1. The second-order valence-electron chi connectivity index (χ2n) is 3.99. The predicted molar refractivity (Wildman–Crippen MR) is 68.4 cm³/mol. The van der Waals surface area contributed by atoms with Gasteiger partial charge in [-0.2, -0.15) is 0 Å². The van der Waals surface area contributed by atoms with Gasteiger partial charge in [0.15, 0.2) is 5.13 Å².